The lowest BCUT2D eigenvalue weighted by Crippen LogP contribution is -2.38. The van der Waals surface area contributed by atoms with Crippen LogP contribution in [0.4, 0.5) is 10.1 Å². The molecule has 3 rings (SSSR count). The van der Waals surface area contributed by atoms with Crippen molar-refractivity contribution in [2.24, 2.45) is 0 Å². The van der Waals surface area contributed by atoms with Crippen molar-refractivity contribution >= 4 is 29.2 Å². The van der Waals surface area contributed by atoms with Gasteiger partial charge in [-0.3, -0.25) is 9.59 Å². The average molecular weight is 362 g/mol. The molecule has 0 fully saturated rings. The van der Waals surface area contributed by atoms with E-state index in [0.717, 1.165) is 17.7 Å². The van der Waals surface area contributed by atoms with Crippen LogP contribution >= 0.6 is 11.6 Å². The number of fused-ring (bicyclic) bond motifs is 1. The Hall–Kier alpha value is -2.40. The number of halogens is 2. The van der Waals surface area contributed by atoms with Gasteiger partial charge in [-0.2, -0.15) is 0 Å². The van der Waals surface area contributed by atoms with Gasteiger partial charge in [0.25, 0.3) is 5.91 Å². The van der Waals surface area contributed by atoms with Crippen molar-refractivity contribution in [2.45, 2.75) is 25.8 Å². The predicted octanol–water partition coefficient (Wildman–Crippen LogP) is 3.54. The van der Waals surface area contributed by atoms with E-state index in [4.69, 9.17) is 16.3 Å². The summed E-state index contributed by atoms with van der Waals surface area (Å²) in [4.78, 5) is 26.0. The Morgan fingerprint density at radius 1 is 1.24 bits per heavy atom. The van der Waals surface area contributed by atoms with Crippen molar-refractivity contribution in [1.82, 2.24) is 0 Å². The largest absolute Gasteiger partial charge is 0.455 e. The minimum atomic E-state index is -0.694. The number of nitrogens with zero attached hydrogens (tertiary/aromatic N) is 1. The van der Waals surface area contributed by atoms with E-state index in [1.807, 2.05) is 31.2 Å². The van der Waals surface area contributed by atoms with E-state index in [1.165, 1.54) is 18.2 Å². The Morgan fingerprint density at radius 3 is 2.76 bits per heavy atom. The summed E-state index contributed by atoms with van der Waals surface area (Å²) in [5, 5.41) is 0.158. The normalized spacial score (nSPS) is 15.8. The molecule has 6 heteroatoms. The molecule has 1 atom stereocenters. The van der Waals surface area contributed by atoms with Crippen molar-refractivity contribution in [1.29, 1.82) is 0 Å². The molecule has 0 aliphatic carbocycles. The van der Waals surface area contributed by atoms with E-state index in [2.05, 4.69) is 0 Å². The Bertz CT molecular complexity index is 804. The zero-order valence-corrected chi connectivity index (χ0v) is 14.4. The molecule has 2 aromatic rings. The molecule has 2 aromatic carbocycles. The molecule has 0 N–H and O–H groups in total. The number of anilines is 1. The van der Waals surface area contributed by atoms with Crippen molar-refractivity contribution in [3.8, 4) is 0 Å². The van der Waals surface area contributed by atoms with Crippen LogP contribution in [0, 0.1) is 5.82 Å². The van der Waals surface area contributed by atoms with E-state index < -0.39 is 11.8 Å². The second kappa shape index (κ2) is 7.23. The Morgan fingerprint density at radius 2 is 2.00 bits per heavy atom. The molecule has 0 aromatic heterocycles. The van der Waals surface area contributed by atoms with E-state index in [9.17, 15) is 14.0 Å². The van der Waals surface area contributed by atoms with E-state index >= 15 is 0 Å². The van der Waals surface area contributed by atoms with Crippen LogP contribution in [-0.4, -0.2) is 24.5 Å². The molecule has 0 bridgehead atoms. The number of hydrogen-bond donors (Lipinski definition) is 0. The molecule has 0 spiro atoms. The summed E-state index contributed by atoms with van der Waals surface area (Å²) < 4.78 is 18.7. The number of para-hydroxylation sites is 1. The van der Waals surface area contributed by atoms with Gasteiger partial charge in [-0.1, -0.05) is 35.9 Å². The fourth-order valence-corrected chi connectivity index (χ4v) is 3.28. The first-order chi connectivity index (χ1) is 12.0. The number of carbonyl (C=O) groups excluding carboxylic acids is 2. The second-order valence-corrected chi connectivity index (χ2v) is 6.39. The number of esters is 1. The number of amides is 1. The fourth-order valence-electron chi connectivity index (χ4n) is 3.05. The Kier molecular flexibility index (Phi) is 5.04. The third kappa shape index (κ3) is 3.66. The van der Waals surface area contributed by atoms with E-state index in [0.29, 0.717) is 0 Å². The third-order valence-corrected chi connectivity index (χ3v) is 4.57. The van der Waals surface area contributed by atoms with Gasteiger partial charge in [0, 0.05) is 22.3 Å². The maximum atomic E-state index is 13.7. The summed E-state index contributed by atoms with van der Waals surface area (Å²) in [5.41, 5.74) is 2.00. The van der Waals surface area contributed by atoms with Crippen LogP contribution in [0.15, 0.2) is 42.5 Å². The summed E-state index contributed by atoms with van der Waals surface area (Å²) in [5.74, 6) is -1.57. The summed E-state index contributed by atoms with van der Waals surface area (Å²) in [6.07, 6.45) is 0.450. The highest BCUT2D eigenvalue weighted by Gasteiger charge is 2.31. The molecule has 1 amide bonds. The third-order valence-electron chi connectivity index (χ3n) is 4.22. The van der Waals surface area contributed by atoms with Gasteiger partial charge in [0.1, 0.15) is 5.82 Å². The Labute approximate surface area is 150 Å². The maximum Gasteiger partial charge on any atom is 0.310 e. The molecule has 0 radical (unpaired) electrons. The van der Waals surface area contributed by atoms with Gasteiger partial charge in [-0.15, -0.1) is 0 Å². The van der Waals surface area contributed by atoms with Crippen LogP contribution in [0.5, 0.6) is 0 Å². The minimum absolute atomic E-state index is 0.00427. The number of ether oxygens (including phenoxy) is 1. The molecule has 0 saturated heterocycles. The van der Waals surface area contributed by atoms with Gasteiger partial charge < -0.3 is 9.64 Å². The zero-order chi connectivity index (χ0) is 18.0. The van der Waals surface area contributed by atoms with Crippen molar-refractivity contribution in [3.05, 3.63) is 64.4 Å². The SMILES string of the molecule is C[C@H]1Cc2ccccc2N1C(=O)COC(=O)Cc1c(F)cccc1Cl. The van der Waals surface area contributed by atoms with Crippen LogP contribution in [0.25, 0.3) is 0 Å². The fraction of sp³-hybridized carbons (Fsp3) is 0.263. The first kappa shape index (κ1) is 17.4. The van der Waals surface area contributed by atoms with Crippen LogP contribution in [0.2, 0.25) is 5.02 Å². The monoisotopic (exact) mass is 361 g/mol. The highest BCUT2D eigenvalue weighted by Crippen LogP contribution is 2.31. The van der Waals surface area contributed by atoms with Crippen LogP contribution < -0.4 is 4.90 Å². The molecule has 1 heterocycles. The summed E-state index contributed by atoms with van der Waals surface area (Å²) in [6.45, 7) is 1.56. The van der Waals surface area contributed by atoms with Crippen molar-refractivity contribution in [2.75, 3.05) is 11.5 Å². The molecule has 25 heavy (non-hydrogen) atoms. The van der Waals surface area contributed by atoms with Gasteiger partial charge in [-0.05, 0) is 37.1 Å². The Balaban J connectivity index is 1.62. The van der Waals surface area contributed by atoms with Crippen LogP contribution in [0.3, 0.4) is 0 Å². The highest BCUT2D eigenvalue weighted by atomic mass is 35.5. The van der Waals surface area contributed by atoms with Gasteiger partial charge in [0.15, 0.2) is 6.61 Å². The number of rotatable bonds is 4. The van der Waals surface area contributed by atoms with Gasteiger partial charge >= 0.3 is 5.97 Å². The first-order valence-corrected chi connectivity index (χ1v) is 8.33. The molecular weight excluding hydrogens is 345 g/mol. The lowest BCUT2D eigenvalue weighted by atomic mass is 10.1. The topological polar surface area (TPSA) is 46.6 Å². The molecule has 0 unspecified atom stereocenters. The molecular formula is C19H17ClFNO3. The quantitative estimate of drug-likeness (QED) is 0.782. The first-order valence-electron chi connectivity index (χ1n) is 7.96. The second-order valence-electron chi connectivity index (χ2n) is 5.98. The molecule has 1 aliphatic rings. The summed E-state index contributed by atoms with van der Waals surface area (Å²) in [6, 6.07) is 11.8. The lowest BCUT2D eigenvalue weighted by molar-refractivity contribution is -0.147. The molecule has 0 saturated carbocycles. The lowest BCUT2D eigenvalue weighted by Gasteiger charge is -2.22. The van der Waals surface area contributed by atoms with Crippen molar-refractivity contribution < 1.29 is 18.7 Å². The summed E-state index contributed by atoms with van der Waals surface area (Å²) >= 11 is 5.89. The van der Waals surface area contributed by atoms with Gasteiger partial charge in [-0.25, -0.2) is 4.39 Å². The maximum absolute atomic E-state index is 13.7. The standard InChI is InChI=1S/C19H17ClFNO3/c1-12-9-13-5-2-3-8-17(13)22(12)18(23)11-25-19(24)10-14-15(20)6-4-7-16(14)21/h2-8,12H,9-11H2,1H3/t12-/m0/s1. The molecule has 130 valence electrons. The van der Waals surface area contributed by atoms with Gasteiger partial charge in [0.2, 0.25) is 0 Å². The van der Waals surface area contributed by atoms with E-state index in [1.54, 1.807) is 4.90 Å². The smallest absolute Gasteiger partial charge is 0.310 e. The highest BCUT2D eigenvalue weighted by molar-refractivity contribution is 6.31. The average Bonchev–Trinajstić information content (AvgIpc) is 2.92. The molecule has 1 aliphatic heterocycles. The van der Waals surface area contributed by atoms with E-state index in [-0.39, 0.29) is 35.6 Å². The number of benzene rings is 2. The number of hydrogen-bond acceptors (Lipinski definition) is 3. The predicted molar refractivity (Wildman–Crippen MR) is 93.2 cm³/mol. The van der Waals surface area contributed by atoms with Crippen LogP contribution in [-0.2, 0) is 27.2 Å². The van der Waals surface area contributed by atoms with Gasteiger partial charge in [0.05, 0.1) is 6.42 Å². The van der Waals surface area contributed by atoms with Crippen LogP contribution in [0.1, 0.15) is 18.1 Å². The minimum Gasteiger partial charge on any atom is -0.455 e. The van der Waals surface area contributed by atoms with Crippen molar-refractivity contribution in [3.63, 3.8) is 0 Å². The summed E-state index contributed by atoms with van der Waals surface area (Å²) in [7, 11) is 0. The molecule has 4 nitrogen and oxygen atoms in total. The zero-order valence-electron chi connectivity index (χ0n) is 13.7. The number of carbonyl (C=O) groups is 2.